The summed E-state index contributed by atoms with van der Waals surface area (Å²) in [6.45, 7) is 11.0. The predicted molar refractivity (Wildman–Crippen MR) is 128 cm³/mol. The van der Waals surface area contributed by atoms with E-state index in [4.69, 9.17) is 4.98 Å². The van der Waals surface area contributed by atoms with E-state index in [0.29, 0.717) is 18.2 Å². The molecule has 0 spiro atoms. The van der Waals surface area contributed by atoms with Crippen molar-refractivity contribution in [3.63, 3.8) is 0 Å². The summed E-state index contributed by atoms with van der Waals surface area (Å²) in [4.78, 5) is 35.0. The Kier molecular flexibility index (Phi) is 5.77. The highest BCUT2D eigenvalue weighted by atomic mass is 32.1. The number of amides is 1. The van der Waals surface area contributed by atoms with Crippen LogP contribution in [0, 0.1) is 25.2 Å². The van der Waals surface area contributed by atoms with E-state index in [0.717, 1.165) is 40.7 Å². The second-order valence-corrected chi connectivity index (χ2v) is 10.9. The number of rotatable bonds is 4. The molecular formula is C25H31N3O2S. The fourth-order valence-electron chi connectivity index (χ4n) is 4.36. The van der Waals surface area contributed by atoms with Gasteiger partial charge in [0.05, 0.1) is 5.39 Å². The zero-order valence-corrected chi connectivity index (χ0v) is 19.8. The summed E-state index contributed by atoms with van der Waals surface area (Å²) >= 11 is 1.66. The number of H-pyrrole nitrogens is 1. The zero-order chi connectivity index (χ0) is 22.3. The van der Waals surface area contributed by atoms with E-state index >= 15 is 0 Å². The predicted octanol–water partition coefficient (Wildman–Crippen LogP) is 5.32. The molecule has 1 aliphatic rings. The van der Waals surface area contributed by atoms with Crippen LogP contribution in [0.2, 0.25) is 0 Å². The number of benzene rings is 1. The Morgan fingerprint density at radius 2 is 2.03 bits per heavy atom. The van der Waals surface area contributed by atoms with E-state index in [-0.39, 0.29) is 23.3 Å². The molecule has 4 rings (SSSR count). The third-order valence-electron chi connectivity index (χ3n) is 6.57. The van der Waals surface area contributed by atoms with Crippen LogP contribution >= 0.6 is 11.3 Å². The lowest BCUT2D eigenvalue weighted by Crippen LogP contribution is -2.26. The Bertz CT molecular complexity index is 1200. The molecule has 5 nitrogen and oxygen atoms in total. The quantitative estimate of drug-likeness (QED) is 0.580. The zero-order valence-electron chi connectivity index (χ0n) is 19.0. The van der Waals surface area contributed by atoms with Crippen LogP contribution in [0.4, 0.5) is 5.69 Å². The number of thiophene rings is 1. The summed E-state index contributed by atoms with van der Waals surface area (Å²) in [6, 6.07) is 5.88. The molecule has 1 atom stereocenters. The summed E-state index contributed by atoms with van der Waals surface area (Å²) in [5.74, 6) is 1.13. The maximum absolute atomic E-state index is 12.8. The smallest absolute Gasteiger partial charge is 0.259 e. The lowest BCUT2D eigenvalue weighted by Gasteiger charge is -2.33. The lowest BCUT2D eigenvalue weighted by atomic mass is 9.72. The molecule has 1 aliphatic carbocycles. The van der Waals surface area contributed by atoms with Crippen LogP contribution in [0.3, 0.4) is 0 Å². The largest absolute Gasteiger partial charge is 0.326 e. The van der Waals surface area contributed by atoms with Gasteiger partial charge in [0.25, 0.3) is 5.56 Å². The fraction of sp³-hybridized carbons (Fsp3) is 0.480. The van der Waals surface area contributed by atoms with Crippen LogP contribution in [-0.2, 0) is 24.1 Å². The molecule has 1 aromatic carbocycles. The van der Waals surface area contributed by atoms with Crippen molar-refractivity contribution in [2.75, 3.05) is 5.32 Å². The molecule has 2 N–H and O–H groups in total. The summed E-state index contributed by atoms with van der Waals surface area (Å²) in [5, 5.41) is 3.69. The van der Waals surface area contributed by atoms with Crippen molar-refractivity contribution in [3.05, 3.63) is 55.9 Å². The number of hydrogen-bond acceptors (Lipinski definition) is 4. The number of carbonyl (C=O) groups is 1. The number of aryl methyl sites for hydroxylation is 4. The van der Waals surface area contributed by atoms with E-state index in [9.17, 15) is 9.59 Å². The van der Waals surface area contributed by atoms with Crippen LogP contribution in [0.15, 0.2) is 23.0 Å². The molecule has 2 heterocycles. The molecule has 0 aliphatic heterocycles. The Balaban J connectivity index is 1.48. The molecule has 3 aromatic rings. The van der Waals surface area contributed by atoms with Gasteiger partial charge in [0.15, 0.2) is 0 Å². The Hall–Kier alpha value is -2.47. The first-order valence-electron chi connectivity index (χ1n) is 11.0. The lowest BCUT2D eigenvalue weighted by molar-refractivity contribution is -0.116. The van der Waals surface area contributed by atoms with Crippen LogP contribution < -0.4 is 10.9 Å². The monoisotopic (exact) mass is 437 g/mol. The van der Waals surface area contributed by atoms with Crippen LogP contribution in [0.5, 0.6) is 0 Å². The molecule has 0 fully saturated rings. The second-order valence-electron chi connectivity index (χ2n) is 9.85. The number of hydrogen-bond donors (Lipinski definition) is 2. The summed E-state index contributed by atoms with van der Waals surface area (Å²) in [7, 11) is 0. The van der Waals surface area contributed by atoms with Gasteiger partial charge in [0, 0.05) is 23.4 Å². The molecule has 0 saturated carbocycles. The van der Waals surface area contributed by atoms with Crippen molar-refractivity contribution in [2.45, 2.75) is 66.7 Å². The van der Waals surface area contributed by atoms with Crippen LogP contribution in [0.1, 0.15) is 61.0 Å². The minimum Gasteiger partial charge on any atom is -0.326 e. The number of carbonyl (C=O) groups excluding carboxylic acids is 1. The number of aromatic nitrogens is 2. The molecule has 164 valence electrons. The maximum atomic E-state index is 12.8. The van der Waals surface area contributed by atoms with Crippen molar-refractivity contribution in [1.82, 2.24) is 9.97 Å². The molecule has 0 bridgehead atoms. The van der Waals surface area contributed by atoms with Gasteiger partial charge in [0.2, 0.25) is 5.91 Å². The first-order valence-corrected chi connectivity index (χ1v) is 11.8. The third-order valence-corrected chi connectivity index (χ3v) is 7.72. The first-order chi connectivity index (χ1) is 14.6. The van der Waals surface area contributed by atoms with Crippen molar-refractivity contribution in [2.24, 2.45) is 11.3 Å². The highest BCUT2D eigenvalue weighted by Crippen LogP contribution is 2.41. The third kappa shape index (κ3) is 4.59. The van der Waals surface area contributed by atoms with Crippen molar-refractivity contribution in [3.8, 4) is 0 Å². The molecule has 2 aromatic heterocycles. The summed E-state index contributed by atoms with van der Waals surface area (Å²) in [5.41, 5.74) is 4.52. The van der Waals surface area contributed by atoms with E-state index in [1.165, 1.54) is 16.0 Å². The molecule has 0 radical (unpaired) electrons. The minimum atomic E-state index is -0.0792. The normalized spacial score (nSPS) is 16.4. The van der Waals surface area contributed by atoms with Gasteiger partial charge < -0.3 is 10.3 Å². The number of nitrogens with zero attached hydrogens (tertiary/aromatic N) is 1. The number of anilines is 1. The van der Waals surface area contributed by atoms with Gasteiger partial charge in [-0.3, -0.25) is 9.59 Å². The molecular weight excluding hydrogens is 406 g/mol. The standard InChI is InChI=1S/C25H31N3O2S/c1-14-6-8-17(12-15(14)2)26-21(29)11-10-20-27-23(30)22-18-9-7-16(25(3,4)5)13-19(18)31-24(22)28-20/h6,8,12,16H,7,9-11,13H2,1-5H3,(H,26,29)(H,27,28,30). The average molecular weight is 438 g/mol. The van der Waals surface area contributed by atoms with Gasteiger partial charge in [-0.25, -0.2) is 4.98 Å². The first kappa shape index (κ1) is 21.8. The molecule has 1 unspecified atom stereocenters. The highest BCUT2D eigenvalue weighted by molar-refractivity contribution is 7.18. The number of aromatic amines is 1. The van der Waals surface area contributed by atoms with E-state index in [1.54, 1.807) is 11.3 Å². The summed E-state index contributed by atoms with van der Waals surface area (Å²) in [6.07, 6.45) is 3.77. The van der Waals surface area contributed by atoms with Gasteiger partial charge in [0.1, 0.15) is 10.7 Å². The molecule has 1 amide bonds. The van der Waals surface area contributed by atoms with Gasteiger partial charge in [-0.05, 0) is 73.3 Å². The highest BCUT2D eigenvalue weighted by Gasteiger charge is 2.31. The van der Waals surface area contributed by atoms with Crippen LogP contribution in [-0.4, -0.2) is 15.9 Å². The van der Waals surface area contributed by atoms with E-state index in [2.05, 4.69) is 31.1 Å². The second kappa shape index (κ2) is 8.23. The molecule has 6 heteroatoms. The van der Waals surface area contributed by atoms with Gasteiger partial charge in [-0.2, -0.15) is 0 Å². The van der Waals surface area contributed by atoms with Gasteiger partial charge >= 0.3 is 0 Å². The summed E-state index contributed by atoms with van der Waals surface area (Å²) < 4.78 is 0. The Morgan fingerprint density at radius 3 is 2.74 bits per heavy atom. The van der Waals surface area contributed by atoms with Crippen molar-refractivity contribution >= 4 is 33.1 Å². The average Bonchev–Trinajstić information content (AvgIpc) is 3.06. The van der Waals surface area contributed by atoms with Crippen molar-refractivity contribution in [1.29, 1.82) is 0 Å². The number of nitrogens with one attached hydrogen (secondary N) is 2. The number of fused-ring (bicyclic) bond motifs is 3. The van der Waals surface area contributed by atoms with Crippen LogP contribution in [0.25, 0.3) is 10.2 Å². The fourth-order valence-corrected chi connectivity index (χ4v) is 5.68. The van der Waals surface area contributed by atoms with Gasteiger partial charge in [-0.1, -0.05) is 26.8 Å². The van der Waals surface area contributed by atoms with Crippen molar-refractivity contribution < 1.29 is 4.79 Å². The van der Waals surface area contributed by atoms with E-state index < -0.39 is 0 Å². The minimum absolute atomic E-state index is 0.0683. The Labute approximate surface area is 187 Å². The Morgan fingerprint density at radius 1 is 1.26 bits per heavy atom. The topological polar surface area (TPSA) is 74.8 Å². The van der Waals surface area contributed by atoms with E-state index in [1.807, 2.05) is 32.0 Å². The SMILES string of the molecule is Cc1ccc(NC(=O)CCc2nc3sc4c(c3c(=O)[nH]2)CCC(C(C)(C)C)C4)cc1C. The maximum Gasteiger partial charge on any atom is 0.259 e. The van der Waals surface area contributed by atoms with Gasteiger partial charge in [-0.15, -0.1) is 11.3 Å². The molecule has 31 heavy (non-hydrogen) atoms. The molecule has 0 saturated heterocycles.